The summed E-state index contributed by atoms with van der Waals surface area (Å²) >= 11 is 11.9. The molecule has 0 amide bonds. The molecule has 5 heteroatoms. The van der Waals surface area contributed by atoms with E-state index in [9.17, 15) is 4.79 Å². The molecule has 0 spiro atoms. The van der Waals surface area contributed by atoms with E-state index >= 15 is 0 Å². The molecule has 0 fully saturated rings. The molecule has 0 atom stereocenters. The van der Waals surface area contributed by atoms with Gasteiger partial charge in [-0.15, -0.1) is 0 Å². The van der Waals surface area contributed by atoms with Crippen LogP contribution in [0.3, 0.4) is 0 Å². The van der Waals surface area contributed by atoms with E-state index in [1.165, 1.54) is 19.2 Å². The lowest BCUT2D eigenvalue weighted by Crippen LogP contribution is -2.10. The number of esters is 1. The summed E-state index contributed by atoms with van der Waals surface area (Å²) < 4.78 is 10.8. The Labute approximate surface area is 167 Å². The first-order valence-electron chi connectivity index (χ1n) is 8.15. The van der Waals surface area contributed by atoms with Gasteiger partial charge in [0, 0.05) is 5.02 Å². The van der Waals surface area contributed by atoms with Gasteiger partial charge in [-0.2, -0.15) is 0 Å². The molecule has 0 heterocycles. The van der Waals surface area contributed by atoms with Crippen molar-refractivity contribution < 1.29 is 14.3 Å². The van der Waals surface area contributed by atoms with Gasteiger partial charge >= 0.3 is 5.97 Å². The van der Waals surface area contributed by atoms with Crippen LogP contribution in [-0.2, 0) is 0 Å². The Morgan fingerprint density at radius 3 is 2.30 bits per heavy atom. The molecule has 3 nitrogen and oxygen atoms in total. The molecule has 0 N–H and O–H groups in total. The minimum Gasteiger partial charge on any atom is -0.493 e. The molecule has 0 aliphatic heterocycles. The summed E-state index contributed by atoms with van der Waals surface area (Å²) in [5.74, 6) is 0.177. The molecule has 3 rings (SSSR count). The van der Waals surface area contributed by atoms with Crippen molar-refractivity contribution in [3.63, 3.8) is 0 Å². The largest absolute Gasteiger partial charge is 0.493 e. The van der Waals surface area contributed by atoms with Crippen molar-refractivity contribution in [2.45, 2.75) is 0 Å². The first-order chi connectivity index (χ1) is 13.1. The molecule has 0 aliphatic carbocycles. The average molecular weight is 399 g/mol. The number of hydrogen-bond acceptors (Lipinski definition) is 3. The van der Waals surface area contributed by atoms with E-state index in [-0.39, 0.29) is 10.6 Å². The third-order valence-electron chi connectivity index (χ3n) is 3.81. The summed E-state index contributed by atoms with van der Waals surface area (Å²) in [6, 6.07) is 19.9. The molecule has 3 aromatic rings. The number of halogens is 2. The molecular weight excluding hydrogens is 383 g/mol. The molecular formula is C22H16Cl2O3. The zero-order valence-corrected chi connectivity index (χ0v) is 16.0. The topological polar surface area (TPSA) is 35.5 Å². The summed E-state index contributed by atoms with van der Waals surface area (Å²) in [6.07, 6.45) is 3.95. The monoisotopic (exact) mass is 398 g/mol. The van der Waals surface area contributed by atoms with E-state index in [0.29, 0.717) is 16.5 Å². The van der Waals surface area contributed by atoms with Crippen molar-refractivity contribution >= 4 is 41.3 Å². The number of ether oxygens (including phenoxy) is 2. The molecule has 136 valence electrons. The van der Waals surface area contributed by atoms with Gasteiger partial charge in [-0.1, -0.05) is 71.8 Å². The maximum absolute atomic E-state index is 12.4. The molecule has 3 aromatic carbocycles. The van der Waals surface area contributed by atoms with Gasteiger partial charge in [-0.3, -0.25) is 0 Å². The standard InChI is InChI=1S/C22H16Cl2O3/c1-26-21-13-16(8-7-15-5-3-2-4-6-15)9-12-20(21)27-22(25)18-11-10-17(23)14-19(18)24/h2-14H,1H3/b8-7+. The van der Waals surface area contributed by atoms with Gasteiger partial charge in [0.15, 0.2) is 11.5 Å². The van der Waals surface area contributed by atoms with Gasteiger partial charge in [0.25, 0.3) is 0 Å². The van der Waals surface area contributed by atoms with Crippen molar-refractivity contribution in [3.8, 4) is 11.5 Å². The van der Waals surface area contributed by atoms with Crippen molar-refractivity contribution in [1.29, 1.82) is 0 Å². The highest BCUT2D eigenvalue weighted by atomic mass is 35.5. The molecule has 0 bridgehead atoms. The number of benzene rings is 3. The second-order valence-corrected chi connectivity index (χ2v) is 6.51. The Kier molecular flexibility index (Phi) is 6.17. The second-order valence-electron chi connectivity index (χ2n) is 5.67. The third-order valence-corrected chi connectivity index (χ3v) is 4.36. The Hall–Kier alpha value is -2.75. The van der Waals surface area contributed by atoms with Crippen LogP contribution in [0.5, 0.6) is 11.5 Å². The summed E-state index contributed by atoms with van der Waals surface area (Å²) in [7, 11) is 1.52. The van der Waals surface area contributed by atoms with E-state index in [1.807, 2.05) is 48.6 Å². The van der Waals surface area contributed by atoms with Crippen LogP contribution in [0, 0.1) is 0 Å². The lowest BCUT2D eigenvalue weighted by Gasteiger charge is -2.11. The lowest BCUT2D eigenvalue weighted by atomic mass is 10.1. The van der Waals surface area contributed by atoms with Crippen LogP contribution in [0.4, 0.5) is 0 Å². The van der Waals surface area contributed by atoms with Crippen LogP contribution >= 0.6 is 23.2 Å². The maximum atomic E-state index is 12.4. The number of hydrogen-bond donors (Lipinski definition) is 0. The number of carbonyl (C=O) groups excluding carboxylic acids is 1. The van der Waals surface area contributed by atoms with Crippen LogP contribution in [0.2, 0.25) is 10.0 Å². The van der Waals surface area contributed by atoms with Crippen molar-refractivity contribution in [1.82, 2.24) is 0 Å². The van der Waals surface area contributed by atoms with Gasteiger partial charge in [0.05, 0.1) is 17.7 Å². The van der Waals surface area contributed by atoms with Gasteiger partial charge in [-0.25, -0.2) is 4.79 Å². The van der Waals surface area contributed by atoms with E-state index in [0.717, 1.165) is 11.1 Å². The van der Waals surface area contributed by atoms with Crippen LogP contribution in [0.15, 0.2) is 66.7 Å². The fourth-order valence-electron chi connectivity index (χ4n) is 2.44. The highest BCUT2D eigenvalue weighted by molar-refractivity contribution is 6.36. The van der Waals surface area contributed by atoms with Gasteiger partial charge in [-0.05, 0) is 41.5 Å². The molecule has 0 saturated heterocycles. The second kappa shape index (κ2) is 8.76. The molecule has 0 saturated carbocycles. The number of rotatable bonds is 5. The van der Waals surface area contributed by atoms with E-state index < -0.39 is 5.97 Å². The maximum Gasteiger partial charge on any atom is 0.345 e. The summed E-state index contributed by atoms with van der Waals surface area (Å²) in [5.41, 5.74) is 2.24. The normalized spacial score (nSPS) is 10.8. The summed E-state index contributed by atoms with van der Waals surface area (Å²) in [5, 5.41) is 0.678. The molecule has 0 unspecified atom stereocenters. The minimum atomic E-state index is -0.581. The summed E-state index contributed by atoms with van der Waals surface area (Å²) in [4.78, 5) is 12.4. The fraction of sp³-hybridized carbons (Fsp3) is 0.0455. The summed E-state index contributed by atoms with van der Waals surface area (Å²) in [6.45, 7) is 0. The zero-order valence-electron chi connectivity index (χ0n) is 14.5. The van der Waals surface area contributed by atoms with Crippen molar-refractivity contribution in [3.05, 3.63) is 93.5 Å². The number of carbonyl (C=O) groups is 1. The molecule has 0 aromatic heterocycles. The minimum absolute atomic E-state index is 0.230. The van der Waals surface area contributed by atoms with Crippen LogP contribution in [-0.4, -0.2) is 13.1 Å². The predicted octanol–water partition coefficient (Wildman–Crippen LogP) is 6.39. The van der Waals surface area contributed by atoms with Crippen LogP contribution in [0.25, 0.3) is 12.2 Å². The molecule has 0 radical (unpaired) electrons. The zero-order chi connectivity index (χ0) is 19.2. The average Bonchev–Trinajstić information content (AvgIpc) is 2.67. The SMILES string of the molecule is COc1cc(/C=C/c2ccccc2)ccc1OC(=O)c1ccc(Cl)cc1Cl. The highest BCUT2D eigenvalue weighted by Gasteiger charge is 2.16. The Bertz CT molecular complexity index is 982. The molecule has 27 heavy (non-hydrogen) atoms. The van der Waals surface area contributed by atoms with Crippen molar-refractivity contribution in [2.75, 3.05) is 7.11 Å². The van der Waals surface area contributed by atoms with Crippen LogP contribution < -0.4 is 9.47 Å². The van der Waals surface area contributed by atoms with E-state index in [4.69, 9.17) is 32.7 Å². The predicted molar refractivity (Wildman–Crippen MR) is 110 cm³/mol. The fourth-order valence-corrected chi connectivity index (χ4v) is 2.92. The van der Waals surface area contributed by atoms with Crippen molar-refractivity contribution in [2.24, 2.45) is 0 Å². The van der Waals surface area contributed by atoms with Gasteiger partial charge < -0.3 is 9.47 Å². The first-order valence-corrected chi connectivity index (χ1v) is 8.91. The Morgan fingerprint density at radius 1 is 0.852 bits per heavy atom. The van der Waals surface area contributed by atoms with Gasteiger partial charge in [0.1, 0.15) is 0 Å². The van der Waals surface area contributed by atoms with E-state index in [1.54, 1.807) is 18.2 Å². The van der Waals surface area contributed by atoms with Crippen LogP contribution in [0.1, 0.15) is 21.5 Å². The lowest BCUT2D eigenvalue weighted by molar-refractivity contribution is 0.0730. The quantitative estimate of drug-likeness (QED) is 0.283. The van der Waals surface area contributed by atoms with E-state index in [2.05, 4.69) is 0 Å². The van der Waals surface area contributed by atoms with Gasteiger partial charge in [0.2, 0.25) is 0 Å². The third kappa shape index (κ3) is 4.91. The smallest absolute Gasteiger partial charge is 0.345 e. The molecule has 0 aliphatic rings. The highest BCUT2D eigenvalue weighted by Crippen LogP contribution is 2.30. The number of methoxy groups -OCH3 is 1. The Morgan fingerprint density at radius 2 is 1.59 bits per heavy atom. The first kappa shape index (κ1) is 19.0. The Balaban J connectivity index is 1.80.